The second-order valence-electron chi connectivity index (χ2n) is 3.64. The summed E-state index contributed by atoms with van der Waals surface area (Å²) in [6.07, 6.45) is 0. The summed E-state index contributed by atoms with van der Waals surface area (Å²) in [5.74, 6) is 1.11. The first kappa shape index (κ1) is 13.1. The maximum absolute atomic E-state index is 6.34. The molecule has 0 saturated carbocycles. The van der Waals surface area contributed by atoms with Gasteiger partial charge in [-0.1, -0.05) is 41.4 Å². The molecule has 2 aromatic carbocycles. The van der Waals surface area contributed by atoms with Crippen LogP contribution in [0, 0.1) is 0 Å². The van der Waals surface area contributed by atoms with E-state index in [4.69, 9.17) is 32.7 Å². The van der Waals surface area contributed by atoms with Crippen molar-refractivity contribution in [2.45, 2.75) is 0 Å². The van der Waals surface area contributed by atoms with E-state index in [9.17, 15) is 0 Å². The Hall–Kier alpha value is -1.38. The highest BCUT2D eigenvalue weighted by Crippen LogP contribution is 2.43. The quantitative estimate of drug-likeness (QED) is 0.814. The van der Waals surface area contributed by atoms with E-state index in [1.807, 2.05) is 36.4 Å². The third kappa shape index (κ3) is 2.26. The zero-order valence-electron chi connectivity index (χ0n) is 10.0. The van der Waals surface area contributed by atoms with Gasteiger partial charge in [0.25, 0.3) is 0 Å². The number of rotatable bonds is 3. The van der Waals surface area contributed by atoms with Crippen LogP contribution in [0.15, 0.2) is 36.4 Å². The van der Waals surface area contributed by atoms with Crippen molar-refractivity contribution in [2.24, 2.45) is 0 Å². The Labute approximate surface area is 116 Å². The predicted octanol–water partition coefficient (Wildman–Crippen LogP) is 4.68. The molecule has 0 unspecified atom stereocenters. The molecule has 0 saturated heterocycles. The van der Waals surface area contributed by atoms with Gasteiger partial charge in [-0.25, -0.2) is 0 Å². The molecule has 0 aromatic heterocycles. The highest BCUT2D eigenvalue weighted by molar-refractivity contribution is 6.37. The first-order chi connectivity index (χ1) is 8.69. The van der Waals surface area contributed by atoms with Crippen molar-refractivity contribution < 1.29 is 9.47 Å². The van der Waals surface area contributed by atoms with Crippen LogP contribution in [0.25, 0.3) is 11.1 Å². The Morgan fingerprint density at radius 2 is 1.56 bits per heavy atom. The van der Waals surface area contributed by atoms with Crippen LogP contribution in [0.2, 0.25) is 10.0 Å². The van der Waals surface area contributed by atoms with Gasteiger partial charge in [0.2, 0.25) is 0 Å². The second-order valence-corrected chi connectivity index (χ2v) is 4.43. The summed E-state index contributed by atoms with van der Waals surface area (Å²) in [6.45, 7) is 0. The molecule has 0 atom stereocenters. The van der Waals surface area contributed by atoms with Gasteiger partial charge in [-0.2, -0.15) is 0 Å². The van der Waals surface area contributed by atoms with Crippen LogP contribution in [-0.4, -0.2) is 14.2 Å². The van der Waals surface area contributed by atoms with E-state index in [-0.39, 0.29) is 0 Å². The van der Waals surface area contributed by atoms with Crippen molar-refractivity contribution >= 4 is 23.2 Å². The van der Waals surface area contributed by atoms with E-state index in [0.717, 1.165) is 11.1 Å². The Kier molecular flexibility index (Phi) is 4.00. The molecule has 2 rings (SSSR count). The van der Waals surface area contributed by atoms with E-state index in [1.165, 1.54) is 0 Å². The van der Waals surface area contributed by atoms with Gasteiger partial charge in [0.05, 0.1) is 19.2 Å². The van der Waals surface area contributed by atoms with Crippen LogP contribution in [0.5, 0.6) is 11.5 Å². The molecule has 18 heavy (non-hydrogen) atoms. The van der Waals surface area contributed by atoms with Gasteiger partial charge in [-0.15, -0.1) is 0 Å². The SMILES string of the molecule is COc1ccc(-c2ccccc2Cl)c(Cl)c1OC. The second kappa shape index (κ2) is 5.51. The highest BCUT2D eigenvalue weighted by atomic mass is 35.5. The molecular weight excluding hydrogens is 271 g/mol. The zero-order valence-corrected chi connectivity index (χ0v) is 11.5. The summed E-state index contributed by atoms with van der Waals surface area (Å²) in [5.41, 5.74) is 1.69. The summed E-state index contributed by atoms with van der Waals surface area (Å²) >= 11 is 12.5. The minimum absolute atomic E-state index is 0.491. The zero-order chi connectivity index (χ0) is 13.1. The van der Waals surface area contributed by atoms with Crippen molar-refractivity contribution in [3.8, 4) is 22.6 Å². The van der Waals surface area contributed by atoms with Crippen LogP contribution in [-0.2, 0) is 0 Å². The number of methoxy groups -OCH3 is 2. The normalized spacial score (nSPS) is 10.2. The first-order valence-electron chi connectivity index (χ1n) is 5.34. The van der Waals surface area contributed by atoms with Gasteiger partial charge in [0.1, 0.15) is 0 Å². The Balaban J connectivity index is 2.63. The monoisotopic (exact) mass is 282 g/mol. The van der Waals surface area contributed by atoms with Crippen LogP contribution in [0.4, 0.5) is 0 Å². The molecule has 0 spiro atoms. The molecule has 0 aliphatic heterocycles. The van der Waals surface area contributed by atoms with Crippen LogP contribution in [0.3, 0.4) is 0 Å². The summed E-state index contributed by atoms with van der Waals surface area (Å²) in [5, 5.41) is 1.14. The number of halogens is 2. The van der Waals surface area contributed by atoms with E-state index in [0.29, 0.717) is 21.5 Å². The molecule has 0 aliphatic rings. The molecule has 2 nitrogen and oxygen atoms in total. The molecule has 0 fully saturated rings. The van der Waals surface area contributed by atoms with Gasteiger partial charge in [-0.05, 0) is 18.2 Å². The molecule has 0 amide bonds. The van der Waals surface area contributed by atoms with Gasteiger partial charge < -0.3 is 9.47 Å². The Morgan fingerprint density at radius 3 is 2.17 bits per heavy atom. The molecule has 2 aromatic rings. The van der Waals surface area contributed by atoms with E-state index in [1.54, 1.807) is 14.2 Å². The average Bonchev–Trinajstić information content (AvgIpc) is 2.39. The fraction of sp³-hybridized carbons (Fsp3) is 0.143. The summed E-state index contributed by atoms with van der Waals surface area (Å²) in [4.78, 5) is 0. The van der Waals surface area contributed by atoms with E-state index >= 15 is 0 Å². The highest BCUT2D eigenvalue weighted by Gasteiger charge is 2.15. The Bertz CT molecular complexity index is 568. The Morgan fingerprint density at radius 1 is 0.833 bits per heavy atom. The number of hydrogen-bond acceptors (Lipinski definition) is 2. The minimum atomic E-state index is 0.491. The van der Waals surface area contributed by atoms with Crippen LogP contribution >= 0.6 is 23.2 Å². The third-order valence-electron chi connectivity index (χ3n) is 2.65. The average molecular weight is 283 g/mol. The fourth-order valence-electron chi connectivity index (χ4n) is 1.78. The van der Waals surface area contributed by atoms with E-state index in [2.05, 4.69) is 0 Å². The third-order valence-corrected chi connectivity index (χ3v) is 3.35. The predicted molar refractivity (Wildman–Crippen MR) is 75.0 cm³/mol. The van der Waals surface area contributed by atoms with Gasteiger partial charge >= 0.3 is 0 Å². The van der Waals surface area contributed by atoms with Crippen molar-refractivity contribution in [2.75, 3.05) is 14.2 Å². The molecule has 0 bridgehead atoms. The molecule has 4 heteroatoms. The topological polar surface area (TPSA) is 18.5 Å². The number of benzene rings is 2. The fourth-order valence-corrected chi connectivity index (χ4v) is 2.35. The molecule has 0 radical (unpaired) electrons. The number of ether oxygens (including phenoxy) is 2. The van der Waals surface area contributed by atoms with Crippen molar-refractivity contribution in [3.05, 3.63) is 46.4 Å². The van der Waals surface area contributed by atoms with Gasteiger partial charge in [-0.3, -0.25) is 0 Å². The van der Waals surface area contributed by atoms with Crippen molar-refractivity contribution in [3.63, 3.8) is 0 Å². The van der Waals surface area contributed by atoms with E-state index < -0.39 is 0 Å². The lowest BCUT2D eigenvalue weighted by Crippen LogP contribution is -1.93. The minimum Gasteiger partial charge on any atom is -0.493 e. The lowest BCUT2D eigenvalue weighted by molar-refractivity contribution is 0.355. The standard InChI is InChI=1S/C14H12Cl2O2/c1-17-12-8-7-10(13(16)14(12)18-2)9-5-3-4-6-11(9)15/h3-8H,1-2H3. The molecule has 0 N–H and O–H groups in total. The molecule has 0 heterocycles. The van der Waals surface area contributed by atoms with Crippen LogP contribution < -0.4 is 9.47 Å². The molecular formula is C14H12Cl2O2. The number of hydrogen-bond donors (Lipinski definition) is 0. The molecule has 94 valence electrons. The summed E-state index contributed by atoms with van der Waals surface area (Å²) in [7, 11) is 3.13. The van der Waals surface area contributed by atoms with Gasteiger partial charge in [0.15, 0.2) is 11.5 Å². The molecule has 0 aliphatic carbocycles. The summed E-state index contributed by atoms with van der Waals surface area (Å²) in [6, 6.07) is 11.2. The van der Waals surface area contributed by atoms with Crippen LogP contribution in [0.1, 0.15) is 0 Å². The van der Waals surface area contributed by atoms with Crippen molar-refractivity contribution in [1.82, 2.24) is 0 Å². The maximum Gasteiger partial charge on any atom is 0.180 e. The largest absolute Gasteiger partial charge is 0.493 e. The lowest BCUT2D eigenvalue weighted by Gasteiger charge is -2.13. The maximum atomic E-state index is 6.34. The summed E-state index contributed by atoms with van der Waals surface area (Å²) < 4.78 is 10.5. The lowest BCUT2D eigenvalue weighted by atomic mass is 10.0. The smallest absolute Gasteiger partial charge is 0.180 e. The first-order valence-corrected chi connectivity index (χ1v) is 6.10. The van der Waals surface area contributed by atoms with Crippen molar-refractivity contribution in [1.29, 1.82) is 0 Å². The van der Waals surface area contributed by atoms with Gasteiger partial charge in [0, 0.05) is 16.1 Å².